The average molecular weight is 292 g/mol. The Kier molecular flexibility index (Phi) is 5.42. The van der Waals surface area contributed by atoms with Crippen molar-refractivity contribution in [3.63, 3.8) is 0 Å². The monoisotopic (exact) mass is 292 g/mol. The van der Waals surface area contributed by atoms with Gasteiger partial charge in [0, 0.05) is 5.92 Å². The topological polar surface area (TPSA) is 34.1 Å². The molecule has 112 valence electrons. The van der Waals surface area contributed by atoms with Crippen molar-refractivity contribution < 1.29 is 9.59 Å². The van der Waals surface area contributed by atoms with Gasteiger partial charge >= 0.3 is 0 Å². The Morgan fingerprint density at radius 3 is 1.82 bits per heavy atom. The summed E-state index contributed by atoms with van der Waals surface area (Å²) < 4.78 is 0. The standard InChI is InChI=1S/C20H20O2/c1-15(21)20(16(2)22)19(18-11-7-4-8-12-18)14-13-17-9-5-3-6-10-17/h3-14,19-20H,1-2H3/b14-13-/t19-/m0/s1. The van der Waals surface area contributed by atoms with Crippen LogP contribution in [0.4, 0.5) is 0 Å². The summed E-state index contributed by atoms with van der Waals surface area (Å²) in [5, 5.41) is 0. The Balaban J connectivity index is 2.40. The van der Waals surface area contributed by atoms with Crippen LogP contribution in [0.5, 0.6) is 0 Å². The van der Waals surface area contributed by atoms with Crippen molar-refractivity contribution in [3.8, 4) is 0 Å². The molecule has 2 heteroatoms. The maximum Gasteiger partial charge on any atom is 0.141 e. The van der Waals surface area contributed by atoms with Gasteiger partial charge in [0.05, 0.1) is 5.92 Å². The van der Waals surface area contributed by atoms with Crippen molar-refractivity contribution in [2.24, 2.45) is 5.92 Å². The molecule has 0 aromatic heterocycles. The molecule has 0 aliphatic heterocycles. The quantitative estimate of drug-likeness (QED) is 0.745. The number of carbonyl (C=O) groups is 2. The number of Topliss-reactive ketones (excluding diaryl/α,β-unsaturated/α-hetero) is 2. The second-order valence-corrected chi connectivity index (χ2v) is 5.41. The number of allylic oxidation sites excluding steroid dienone is 1. The summed E-state index contributed by atoms with van der Waals surface area (Å²) in [6.07, 6.45) is 3.93. The van der Waals surface area contributed by atoms with Gasteiger partial charge in [-0.2, -0.15) is 0 Å². The molecule has 0 aliphatic rings. The van der Waals surface area contributed by atoms with Gasteiger partial charge in [0.25, 0.3) is 0 Å². The van der Waals surface area contributed by atoms with Crippen molar-refractivity contribution in [1.29, 1.82) is 0 Å². The minimum Gasteiger partial charge on any atom is -0.299 e. The number of benzene rings is 2. The summed E-state index contributed by atoms with van der Waals surface area (Å²) in [6, 6.07) is 19.6. The molecule has 0 radical (unpaired) electrons. The second kappa shape index (κ2) is 7.51. The fraction of sp³-hybridized carbons (Fsp3) is 0.200. The van der Waals surface area contributed by atoms with E-state index in [2.05, 4.69) is 0 Å². The van der Waals surface area contributed by atoms with E-state index in [0.29, 0.717) is 0 Å². The first-order chi connectivity index (χ1) is 10.6. The molecule has 2 nitrogen and oxygen atoms in total. The lowest BCUT2D eigenvalue weighted by atomic mass is 9.81. The highest BCUT2D eigenvalue weighted by atomic mass is 16.1. The van der Waals surface area contributed by atoms with Crippen LogP contribution in [0.25, 0.3) is 6.08 Å². The summed E-state index contributed by atoms with van der Waals surface area (Å²) in [5.74, 6) is -1.07. The molecule has 22 heavy (non-hydrogen) atoms. The van der Waals surface area contributed by atoms with E-state index in [1.807, 2.05) is 72.8 Å². The Labute approximate surface area is 131 Å². The van der Waals surface area contributed by atoms with Gasteiger partial charge in [-0.1, -0.05) is 72.8 Å². The molecule has 0 spiro atoms. The van der Waals surface area contributed by atoms with Crippen LogP contribution in [0, 0.1) is 5.92 Å². The molecular weight excluding hydrogens is 272 g/mol. The van der Waals surface area contributed by atoms with Crippen LogP contribution in [0.2, 0.25) is 0 Å². The van der Waals surface area contributed by atoms with Crippen LogP contribution in [-0.4, -0.2) is 11.6 Å². The highest BCUT2D eigenvalue weighted by molar-refractivity contribution is 6.01. The minimum atomic E-state index is -0.637. The fourth-order valence-corrected chi connectivity index (χ4v) is 2.66. The molecule has 0 saturated carbocycles. The van der Waals surface area contributed by atoms with E-state index in [-0.39, 0.29) is 17.5 Å². The zero-order chi connectivity index (χ0) is 15.9. The Morgan fingerprint density at radius 2 is 1.32 bits per heavy atom. The van der Waals surface area contributed by atoms with E-state index >= 15 is 0 Å². The van der Waals surface area contributed by atoms with Crippen molar-refractivity contribution >= 4 is 17.6 Å². The van der Waals surface area contributed by atoms with E-state index < -0.39 is 5.92 Å². The molecule has 2 aromatic rings. The molecule has 0 fully saturated rings. The first kappa shape index (κ1) is 15.9. The normalized spacial score (nSPS) is 12.5. The van der Waals surface area contributed by atoms with E-state index in [4.69, 9.17) is 0 Å². The van der Waals surface area contributed by atoms with Gasteiger partial charge in [0.15, 0.2) is 0 Å². The first-order valence-electron chi connectivity index (χ1n) is 7.38. The summed E-state index contributed by atoms with van der Waals surface area (Å²) in [5.41, 5.74) is 2.03. The highest BCUT2D eigenvalue weighted by Gasteiger charge is 2.28. The lowest BCUT2D eigenvalue weighted by Gasteiger charge is -2.20. The zero-order valence-electron chi connectivity index (χ0n) is 12.9. The van der Waals surface area contributed by atoms with Crippen molar-refractivity contribution in [3.05, 3.63) is 77.9 Å². The Hall–Kier alpha value is -2.48. The van der Waals surface area contributed by atoms with Gasteiger partial charge in [0.2, 0.25) is 0 Å². The van der Waals surface area contributed by atoms with Crippen LogP contribution in [-0.2, 0) is 9.59 Å². The maximum atomic E-state index is 12.0. The lowest BCUT2D eigenvalue weighted by Crippen LogP contribution is -2.26. The third-order valence-corrected chi connectivity index (χ3v) is 3.72. The molecule has 0 heterocycles. The smallest absolute Gasteiger partial charge is 0.141 e. The van der Waals surface area contributed by atoms with Gasteiger partial charge in [0.1, 0.15) is 11.6 Å². The molecule has 0 aliphatic carbocycles. The van der Waals surface area contributed by atoms with Gasteiger partial charge in [-0.25, -0.2) is 0 Å². The summed E-state index contributed by atoms with van der Waals surface area (Å²) >= 11 is 0. The largest absolute Gasteiger partial charge is 0.299 e. The maximum absolute atomic E-state index is 12.0. The SMILES string of the molecule is CC(=O)C(C(C)=O)[C@@H](/C=C\c1ccccc1)c1ccccc1. The van der Waals surface area contributed by atoms with E-state index in [9.17, 15) is 9.59 Å². The van der Waals surface area contributed by atoms with Crippen LogP contribution >= 0.6 is 0 Å². The van der Waals surface area contributed by atoms with Crippen molar-refractivity contribution in [2.75, 3.05) is 0 Å². The predicted octanol–water partition coefficient (Wildman–Crippen LogP) is 4.28. The fourth-order valence-electron chi connectivity index (χ4n) is 2.66. The van der Waals surface area contributed by atoms with E-state index in [1.165, 1.54) is 13.8 Å². The molecule has 0 N–H and O–H groups in total. The van der Waals surface area contributed by atoms with Gasteiger partial charge in [-0.15, -0.1) is 0 Å². The number of ketones is 2. The summed E-state index contributed by atoms with van der Waals surface area (Å²) in [4.78, 5) is 23.9. The molecular formula is C20H20O2. The molecule has 1 atom stereocenters. The van der Waals surface area contributed by atoms with Crippen molar-refractivity contribution in [2.45, 2.75) is 19.8 Å². The lowest BCUT2D eigenvalue weighted by molar-refractivity contribution is -0.130. The van der Waals surface area contributed by atoms with Crippen LogP contribution < -0.4 is 0 Å². The molecule has 2 rings (SSSR count). The van der Waals surface area contributed by atoms with Crippen molar-refractivity contribution in [1.82, 2.24) is 0 Å². The summed E-state index contributed by atoms with van der Waals surface area (Å²) in [6.45, 7) is 2.97. The third kappa shape index (κ3) is 4.01. The molecule has 0 saturated heterocycles. The number of hydrogen-bond donors (Lipinski definition) is 0. The van der Waals surface area contributed by atoms with Crippen LogP contribution in [0.15, 0.2) is 66.7 Å². The van der Waals surface area contributed by atoms with Gasteiger partial charge in [-0.05, 0) is 25.0 Å². The van der Waals surface area contributed by atoms with Gasteiger partial charge < -0.3 is 0 Å². The molecule has 2 aromatic carbocycles. The molecule has 0 unspecified atom stereocenters. The Bertz CT molecular complexity index is 643. The van der Waals surface area contributed by atoms with E-state index in [1.54, 1.807) is 0 Å². The zero-order valence-corrected chi connectivity index (χ0v) is 12.9. The third-order valence-electron chi connectivity index (χ3n) is 3.72. The number of hydrogen-bond acceptors (Lipinski definition) is 2. The first-order valence-corrected chi connectivity index (χ1v) is 7.38. The predicted molar refractivity (Wildman–Crippen MR) is 89.5 cm³/mol. The van der Waals surface area contributed by atoms with E-state index in [0.717, 1.165) is 11.1 Å². The highest BCUT2D eigenvalue weighted by Crippen LogP contribution is 2.28. The van der Waals surface area contributed by atoms with Gasteiger partial charge in [-0.3, -0.25) is 9.59 Å². The second-order valence-electron chi connectivity index (χ2n) is 5.41. The number of rotatable bonds is 6. The average Bonchev–Trinajstić information content (AvgIpc) is 2.52. The minimum absolute atomic E-state index is 0.0981. The summed E-state index contributed by atoms with van der Waals surface area (Å²) in [7, 11) is 0. The molecule has 0 amide bonds. The Morgan fingerprint density at radius 1 is 0.818 bits per heavy atom. The van der Waals surface area contributed by atoms with Crippen LogP contribution in [0.1, 0.15) is 30.9 Å². The van der Waals surface area contributed by atoms with Crippen LogP contribution in [0.3, 0.4) is 0 Å². The number of carbonyl (C=O) groups excluding carboxylic acids is 2. The molecule has 0 bridgehead atoms.